The molecule has 0 N–H and O–H groups in total. The van der Waals surface area contributed by atoms with Gasteiger partial charge in [-0.3, -0.25) is 0 Å². The molecular weight excluding hydrogens is 449 g/mol. The second-order valence-corrected chi connectivity index (χ2v) is 8.09. The minimum absolute atomic E-state index is 0.0517. The van der Waals surface area contributed by atoms with Crippen molar-refractivity contribution in [3.05, 3.63) is 107 Å². The van der Waals surface area contributed by atoms with Crippen LogP contribution in [-0.2, 0) is 0 Å². The number of allylic oxidation sites excluding steroid dienone is 3. The lowest BCUT2D eigenvalue weighted by Gasteiger charge is -2.23. The van der Waals surface area contributed by atoms with E-state index in [1.165, 1.54) is 19.1 Å². The van der Waals surface area contributed by atoms with E-state index in [0.29, 0.717) is 17.7 Å². The van der Waals surface area contributed by atoms with Crippen molar-refractivity contribution in [1.29, 1.82) is 0 Å². The normalized spacial score (nSPS) is 11.2. The Bertz CT molecular complexity index is 1320. The summed E-state index contributed by atoms with van der Waals surface area (Å²) >= 11 is 0. The van der Waals surface area contributed by atoms with E-state index in [0.717, 1.165) is 24.3 Å². The van der Waals surface area contributed by atoms with E-state index in [4.69, 9.17) is 0 Å². The molecule has 34 heavy (non-hydrogen) atoms. The van der Waals surface area contributed by atoms with Gasteiger partial charge in [-0.05, 0) is 72.7 Å². The molecule has 174 valence electrons. The molecule has 0 aliphatic carbocycles. The monoisotopic (exact) mass is 470 g/mol. The average Bonchev–Trinajstić information content (AvgIpc) is 2.71. The van der Waals surface area contributed by atoms with E-state index in [1.54, 1.807) is 13.8 Å². The van der Waals surface area contributed by atoms with E-state index in [2.05, 4.69) is 13.2 Å². The Morgan fingerprint density at radius 2 is 1.18 bits per heavy atom. The maximum atomic E-state index is 15.5. The molecule has 0 aliphatic rings. The fourth-order valence-electron chi connectivity index (χ4n) is 4.00. The van der Waals surface area contributed by atoms with Crippen LogP contribution < -0.4 is 16.4 Å². The average molecular weight is 470 g/mol. The fourth-order valence-corrected chi connectivity index (χ4v) is 4.00. The minimum atomic E-state index is -1.72. The summed E-state index contributed by atoms with van der Waals surface area (Å²) in [6, 6.07) is 5.05. The second kappa shape index (κ2) is 9.79. The molecule has 0 atom stereocenters. The van der Waals surface area contributed by atoms with Crippen molar-refractivity contribution in [3.63, 3.8) is 0 Å². The first-order valence-electron chi connectivity index (χ1n) is 10.4. The summed E-state index contributed by atoms with van der Waals surface area (Å²) in [5.74, 6) is -6.33. The van der Waals surface area contributed by atoms with Gasteiger partial charge in [0.2, 0.25) is 0 Å². The molecule has 0 heterocycles. The van der Waals surface area contributed by atoms with E-state index < -0.39 is 47.1 Å². The molecule has 3 aromatic carbocycles. The lowest BCUT2D eigenvalue weighted by atomic mass is 9.34. The molecule has 0 radical (unpaired) electrons. The Morgan fingerprint density at radius 3 is 1.68 bits per heavy atom. The van der Waals surface area contributed by atoms with E-state index in [1.807, 2.05) is 0 Å². The number of hydrogen-bond acceptors (Lipinski definition) is 0. The van der Waals surface area contributed by atoms with Gasteiger partial charge in [0.1, 0.15) is 34.9 Å². The molecule has 3 aromatic rings. The largest absolute Gasteiger partial charge is 0.258 e. The van der Waals surface area contributed by atoms with Crippen LogP contribution >= 0.6 is 0 Å². The highest BCUT2D eigenvalue weighted by molar-refractivity contribution is 6.96. The van der Waals surface area contributed by atoms with Crippen molar-refractivity contribution in [2.75, 3.05) is 0 Å². The third kappa shape index (κ3) is 4.74. The first kappa shape index (κ1) is 25.2. The molecule has 0 unspecified atom stereocenters. The van der Waals surface area contributed by atoms with Gasteiger partial charge in [0.05, 0.1) is 0 Å². The highest BCUT2D eigenvalue weighted by Gasteiger charge is 2.37. The molecule has 0 saturated carbocycles. The predicted molar refractivity (Wildman–Crippen MR) is 128 cm³/mol. The molecular formula is C27H21BF6. The second-order valence-electron chi connectivity index (χ2n) is 8.09. The van der Waals surface area contributed by atoms with Crippen molar-refractivity contribution < 1.29 is 26.3 Å². The summed E-state index contributed by atoms with van der Waals surface area (Å²) in [6.45, 7) is 10.2. The first-order chi connectivity index (χ1) is 16.0. The zero-order valence-corrected chi connectivity index (χ0v) is 18.9. The Kier molecular flexibility index (Phi) is 7.25. The van der Waals surface area contributed by atoms with Gasteiger partial charge in [0, 0.05) is 17.6 Å². The van der Waals surface area contributed by atoms with Gasteiger partial charge in [0.15, 0.2) is 0 Å². The van der Waals surface area contributed by atoms with Crippen LogP contribution in [0.15, 0.2) is 55.6 Å². The Labute approximate surface area is 195 Å². The zero-order chi connectivity index (χ0) is 25.3. The van der Waals surface area contributed by atoms with Crippen LogP contribution in [0.3, 0.4) is 0 Å². The van der Waals surface area contributed by atoms with Crippen molar-refractivity contribution in [2.45, 2.75) is 20.8 Å². The van der Waals surface area contributed by atoms with Gasteiger partial charge in [-0.15, -0.1) is 0 Å². The number of rotatable bonds is 6. The maximum Gasteiger partial charge on any atom is 0.258 e. The van der Waals surface area contributed by atoms with Crippen molar-refractivity contribution in [3.8, 4) is 0 Å². The molecule has 0 spiro atoms. The zero-order valence-electron chi connectivity index (χ0n) is 18.9. The van der Waals surface area contributed by atoms with Crippen LogP contribution in [0, 0.1) is 34.9 Å². The molecule has 0 aromatic heterocycles. The Hall–Kier alpha value is -3.48. The van der Waals surface area contributed by atoms with E-state index >= 15 is 17.6 Å². The Morgan fingerprint density at radius 1 is 0.676 bits per heavy atom. The van der Waals surface area contributed by atoms with Gasteiger partial charge in [0.25, 0.3) is 6.71 Å². The molecule has 0 amide bonds. The predicted octanol–water partition coefficient (Wildman–Crippen LogP) is 6.14. The molecule has 7 heteroatoms. The van der Waals surface area contributed by atoms with E-state index in [9.17, 15) is 8.78 Å². The maximum absolute atomic E-state index is 15.5. The number of hydrogen-bond donors (Lipinski definition) is 0. The first-order valence-corrected chi connectivity index (χ1v) is 10.4. The summed E-state index contributed by atoms with van der Waals surface area (Å²) in [5.41, 5.74) is -0.837. The number of halogens is 6. The topological polar surface area (TPSA) is 0 Å². The standard InChI is InChI=1S/C27H21BF6/c1-6-7-16-8-18(29)12-23(33)25(16)28(26-20(15(4)5)11-19(30)13-24(26)34)27-21(31)9-17(14(2)3)10-22(27)32/h6-13H,2,4H2,1,3,5H3/b7-6+. The van der Waals surface area contributed by atoms with Gasteiger partial charge in [-0.25, -0.2) is 26.3 Å². The third-order valence-electron chi connectivity index (χ3n) is 5.46. The van der Waals surface area contributed by atoms with Gasteiger partial charge < -0.3 is 0 Å². The van der Waals surface area contributed by atoms with Crippen LogP contribution in [0.4, 0.5) is 26.3 Å². The van der Waals surface area contributed by atoms with Gasteiger partial charge >= 0.3 is 0 Å². The molecule has 0 bridgehead atoms. The molecule has 0 saturated heterocycles. The van der Waals surface area contributed by atoms with Gasteiger partial charge in [-0.1, -0.05) is 36.5 Å². The lowest BCUT2D eigenvalue weighted by molar-refractivity contribution is 0.586. The third-order valence-corrected chi connectivity index (χ3v) is 5.46. The number of benzene rings is 3. The highest BCUT2D eigenvalue weighted by Crippen LogP contribution is 2.20. The molecule has 0 fully saturated rings. The summed E-state index contributed by atoms with van der Waals surface area (Å²) in [7, 11) is 0. The van der Waals surface area contributed by atoms with Crippen LogP contribution in [0.2, 0.25) is 0 Å². The summed E-state index contributed by atoms with van der Waals surface area (Å²) in [6.07, 6.45) is 2.82. The minimum Gasteiger partial charge on any atom is -0.207 e. The van der Waals surface area contributed by atoms with Crippen LogP contribution in [0.5, 0.6) is 0 Å². The molecule has 0 nitrogen and oxygen atoms in total. The van der Waals surface area contributed by atoms with Crippen LogP contribution in [-0.4, -0.2) is 6.71 Å². The Balaban J connectivity index is 2.55. The van der Waals surface area contributed by atoms with Crippen molar-refractivity contribution >= 4 is 40.3 Å². The lowest BCUT2D eigenvalue weighted by Crippen LogP contribution is -2.58. The van der Waals surface area contributed by atoms with Gasteiger partial charge in [-0.2, -0.15) is 0 Å². The van der Waals surface area contributed by atoms with Crippen molar-refractivity contribution in [1.82, 2.24) is 0 Å². The fraction of sp³-hybridized carbons (Fsp3) is 0.111. The van der Waals surface area contributed by atoms with Crippen LogP contribution in [0.1, 0.15) is 37.5 Å². The SMILES string of the molecule is C=C(C)c1cc(F)c(B(c2c(F)cc(F)cc2/C=C/C)c2c(F)cc(F)cc2C(=C)C)c(F)c1. The highest BCUT2D eigenvalue weighted by atomic mass is 19.2. The molecule has 3 rings (SSSR count). The quantitative estimate of drug-likeness (QED) is 0.300. The smallest absolute Gasteiger partial charge is 0.207 e. The summed E-state index contributed by atoms with van der Waals surface area (Å²) in [4.78, 5) is 0. The molecule has 0 aliphatic heterocycles. The van der Waals surface area contributed by atoms with Crippen molar-refractivity contribution in [2.24, 2.45) is 0 Å². The summed E-state index contributed by atoms with van der Waals surface area (Å²) < 4.78 is 89.7. The summed E-state index contributed by atoms with van der Waals surface area (Å²) in [5, 5.41) is 0. The van der Waals surface area contributed by atoms with E-state index in [-0.39, 0.29) is 33.2 Å². The van der Waals surface area contributed by atoms with Crippen LogP contribution in [0.25, 0.3) is 17.2 Å².